The summed E-state index contributed by atoms with van der Waals surface area (Å²) in [4.78, 5) is 21.4. The van der Waals surface area contributed by atoms with Crippen molar-refractivity contribution >= 4 is 11.8 Å². The van der Waals surface area contributed by atoms with Crippen molar-refractivity contribution in [2.24, 2.45) is 5.92 Å². The van der Waals surface area contributed by atoms with Crippen LogP contribution in [-0.2, 0) is 11.2 Å². The van der Waals surface area contributed by atoms with Crippen molar-refractivity contribution in [3.05, 3.63) is 18.1 Å². The van der Waals surface area contributed by atoms with E-state index in [1.165, 1.54) is 0 Å². The Morgan fingerprint density at radius 2 is 2.41 bits per heavy atom. The van der Waals surface area contributed by atoms with E-state index in [1.807, 2.05) is 17.9 Å². The van der Waals surface area contributed by atoms with Crippen molar-refractivity contribution in [3.63, 3.8) is 0 Å². The first-order valence-corrected chi connectivity index (χ1v) is 5.99. The van der Waals surface area contributed by atoms with Crippen LogP contribution in [0.2, 0.25) is 0 Å². The van der Waals surface area contributed by atoms with Crippen LogP contribution in [0, 0.1) is 5.92 Å². The van der Waals surface area contributed by atoms with Gasteiger partial charge in [0, 0.05) is 24.8 Å². The third-order valence-corrected chi connectivity index (χ3v) is 3.17. The van der Waals surface area contributed by atoms with Crippen LogP contribution in [0.4, 0.5) is 5.82 Å². The molecule has 5 nitrogen and oxygen atoms in total. The van der Waals surface area contributed by atoms with Crippen molar-refractivity contribution in [3.8, 4) is 0 Å². The van der Waals surface area contributed by atoms with Crippen molar-refractivity contribution in [2.45, 2.75) is 26.2 Å². The van der Waals surface area contributed by atoms with Gasteiger partial charge in [-0.25, -0.2) is 9.97 Å². The summed E-state index contributed by atoms with van der Waals surface area (Å²) < 4.78 is 0. The normalized spacial score (nSPS) is 20.3. The monoisotopic (exact) mass is 235 g/mol. The Bertz CT molecular complexity index is 408. The molecule has 92 valence electrons. The fraction of sp³-hybridized carbons (Fsp3) is 0.583. The minimum atomic E-state index is -0.709. The summed E-state index contributed by atoms with van der Waals surface area (Å²) in [5.74, 6) is -0.133. The molecular formula is C12H17N3O2. The highest BCUT2D eigenvalue weighted by Gasteiger charge is 2.26. The second kappa shape index (κ2) is 5.12. The maximum absolute atomic E-state index is 11.0. The molecule has 0 spiro atoms. The number of carboxylic acids is 1. The molecule has 0 radical (unpaired) electrons. The largest absolute Gasteiger partial charge is 0.481 e. The van der Waals surface area contributed by atoms with Crippen LogP contribution in [0.25, 0.3) is 0 Å². The lowest BCUT2D eigenvalue weighted by Crippen LogP contribution is -2.39. The van der Waals surface area contributed by atoms with Gasteiger partial charge in [-0.1, -0.05) is 6.92 Å². The summed E-state index contributed by atoms with van der Waals surface area (Å²) in [6, 6.07) is 1.95. The number of hydrogen-bond acceptors (Lipinski definition) is 4. The molecule has 0 bridgehead atoms. The fourth-order valence-corrected chi connectivity index (χ4v) is 2.14. The van der Waals surface area contributed by atoms with Crippen LogP contribution in [0.15, 0.2) is 12.4 Å². The highest BCUT2D eigenvalue weighted by atomic mass is 16.4. The molecule has 1 atom stereocenters. The van der Waals surface area contributed by atoms with E-state index in [0.29, 0.717) is 6.54 Å². The lowest BCUT2D eigenvalue weighted by atomic mass is 9.98. The van der Waals surface area contributed by atoms with Gasteiger partial charge < -0.3 is 10.0 Å². The van der Waals surface area contributed by atoms with E-state index in [1.54, 1.807) is 6.33 Å². The Morgan fingerprint density at radius 1 is 1.59 bits per heavy atom. The van der Waals surface area contributed by atoms with Crippen LogP contribution < -0.4 is 4.90 Å². The zero-order chi connectivity index (χ0) is 12.3. The molecule has 1 aliphatic heterocycles. The summed E-state index contributed by atoms with van der Waals surface area (Å²) in [5.41, 5.74) is 0.993. The molecule has 1 aliphatic rings. The number of carboxylic acid groups (broad SMARTS) is 1. The van der Waals surface area contributed by atoms with E-state index < -0.39 is 5.97 Å². The Morgan fingerprint density at radius 3 is 3.12 bits per heavy atom. The van der Waals surface area contributed by atoms with E-state index >= 15 is 0 Å². The molecule has 1 saturated heterocycles. The molecule has 2 heterocycles. The fourth-order valence-electron chi connectivity index (χ4n) is 2.14. The number of piperidine rings is 1. The molecular weight excluding hydrogens is 218 g/mol. The SMILES string of the molecule is CCc1cc(N2CCC[C@@H](C(=O)O)C2)ncn1. The number of hydrogen-bond donors (Lipinski definition) is 1. The molecule has 0 aliphatic carbocycles. The molecule has 0 aromatic carbocycles. The molecule has 2 rings (SSSR count). The summed E-state index contributed by atoms with van der Waals surface area (Å²) in [6.45, 7) is 3.47. The number of aryl methyl sites for hydroxylation is 1. The van der Waals surface area contributed by atoms with Crippen molar-refractivity contribution in [2.75, 3.05) is 18.0 Å². The van der Waals surface area contributed by atoms with E-state index in [9.17, 15) is 4.79 Å². The van der Waals surface area contributed by atoms with Gasteiger partial charge in [-0.3, -0.25) is 4.79 Å². The molecule has 0 amide bonds. The summed E-state index contributed by atoms with van der Waals surface area (Å²) >= 11 is 0. The third-order valence-electron chi connectivity index (χ3n) is 3.17. The quantitative estimate of drug-likeness (QED) is 0.856. The molecule has 1 fully saturated rings. The van der Waals surface area contributed by atoms with Gasteiger partial charge in [0.15, 0.2) is 0 Å². The maximum Gasteiger partial charge on any atom is 0.308 e. The predicted molar refractivity (Wildman–Crippen MR) is 64.0 cm³/mol. The highest BCUT2D eigenvalue weighted by molar-refractivity contribution is 5.71. The number of nitrogens with zero attached hydrogens (tertiary/aromatic N) is 3. The molecule has 17 heavy (non-hydrogen) atoms. The van der Waals surface area contributed by atoms with Crippen molar-refractivity contribution in [1.82, 2.24) is 9.97 Å². The number of aromatic nitrogens is 2. The predicted octanol–water partition coefficient (Wildman–Crippen LogP) is 1.34. The van der Waals surface area contributed by atoms with Gasteiger partial charge in [0.05, 0.1) is 5.92 Å². The zero-order valence-electron chi connectivity index (χ0n) is 9.96. The Kier molecular flexibility index (Phi) is 3.56. The number of aliphatic carboxylic acids is 1. The van der Waals surface area contributed by atoms with Gasteiger partial charge >= 0.3 is 5.97 Å². The zero-order valence-corrected chi connectivity index (χ0v) is 9.96. The first-order valence-electron chi connectivity index (χ1n) is 5.99. The second-order valence-electron chi connectivity index (χ2n) is 4.34. The first-order chi connectivity index (χ1) is 8.20. The van der Waals surface area contributed by atoms with Crippen LogP contribution in [0.3, 0.4) is 0 Å². The Labute approximate surface area is 100 Å². The van der Waals surface area contributed by atoms with Crippen LogP contribution in [-0.4, -0.2) is 34.1 Å². The number of carbonyl (C=O) groups is 1. The van der Waals surface area contributed by atoms with Gasteiger partial charge in [0.25, 0.3) is 0 Å². The molecule has 1 aromatic rings. The van der Waals surface area contributed by atoms with Crippen LogP contribution in [0.1, 0.15) is 25.5 Å². The van der Waals surface area contributed by atoms with E-state index in [2.05, 4.69) is 9.97 Å². The van der Waals surface area contributed by atoms with E-state index in [-0.39, 0.29) is 5.92 Å². The average molecular weight is 235 g/mol. The van der Waals surface area contributed by atoms with Gasteiger partial charge in [0.1, 0.15) is 12.1 Å². The number of anilines is 1. The third kappa shape index (κ3) is 2.72. The van der Waals surface area contributed by atoms with Crippen molar-refractivity contribution < 1.29 is 9.90 Å². The average Bonchev–Trinajstić information content (AvgIpc) is 2.39. The number of rotatable bonds is 3. The topological polar surface area (TPSA) is 66.3 Å². The van der Waals surface area contributed by atoms with E-state index in [4.69, 9.17) is 5.11 Å². The minimum absolute atomic E-state index is 0.274. The molecule has 0 saturated carbocycles. The molecule has 5 heteroatoms. The maximum atomic E-state index is 11.0. The summed E-state index contributed by atoms with van der Waals surface area (Å²) in [5, 5.41) is 9.04. The van der Waals surface area contributed by atoms with Crippen LogP contribution in [0.5, 0.6) is 0 Å². The lowest BCUT2D eigenvalue weighted by molar-refractivity contribution is -0.141. The molecule has 1 aromatic heterocycles. The van der Waals surface area contributed by atoms with E-state index in [0.717, 1.165) is 37.3 Å². The van der Waals surface area contributed by atoms with Crippen LogP contribution >= 0.6 is 0 Å². The second-order valence-corrected chi connectivity index (χ2v) is 4.34. The highest BCUT2D eigenvalue weighted by Crippen LogP contribution is 2.21. The lowest BCUT2D eigenvalue weighted by Gasteiger charge is -2.31. The van der Waals surface area contributed by atoms with Gasteiger partial charge in [-0.2, -0.15) is 0 Å². The van der Waals surface area contributed by atoms with Gasteiger partial charge in [-0.15, -0.1) is 0 Å². The van der Waals surface area contributed by atoms with Gasteiger partial charge in [0.2, 0.25) is 0 Å². The van der Waals surface area contributed by atoms with Crippen molar-refractivity contribution in [1.29, 1.82) is 0 Å². The first kappa shape index (κ1) is 11.8. The summed E-state index contributed by atoms with van der Waals surface area (Å²) in [7, 11) is 0. The standard InChI is InChI=1S/C12H17N3O2/c1-2-10-6-11(14-8-13-10)15-5-3-4-9(7-15)12(16)17/h6,8-9H,2-5,7H2,1H3,(H,16,17)/t9-/m1/s1. The van der Waals surface area contributed by atoms with Gasteiger partial charge in [-0.05, 0) is 19.3 Å². The molecule has 1 N–H and O–H groups in total. The molecule has 0 unspecified atom stereocenters. The smallest absolute Gasteiger partial charge is 0.308 e. The summed E-state index contributed by atoms with van der Waals surface area (Å²) in [6.07, 6.45) is 4.09. The Hall–Kier alpha value is -1.65. The minimum Gasteiger partial charge on any atom is -0.481 e. The Balaban J connectivity index is 2.13.